The number of sulfone groups is 1. The number of ether oxygens (including phenoxy) is 1. The average Bonchev–Trinajstić information content (AvgIpc) is 2.67. The number of nitrogens with two attached hydrogens (primary N) is 1. The minimum Gasteiger partial charge on any atom is -0.443 e. The molecule has 3 aromatic carbocycles. The third-order valence-electron chi connectivity index (χ3n) is 5.38. The van der Waals surface area contributed by atoms with Crippen molar-refractivity contribution in [3.05, 3.63) is 72.3 Å². The highest BCUT2D eigenvalue weighted by molar-refractivity contribution is 7.91. The Balaban J connectivity index is 1.96. The summed E-state index contributed by atoms with van der Waals surface area (Å²) in [6.07, 6.45) is -0.141. The van der Waals surface area contributed by atoms with E-state index in [0.717, 1.165) is 16.3 Å². The number of hydrogen-bond donors (Lipinski definition) is 1. The lowest BCUT2D eigenvalue weighted by Gasteiger charge is -2.31. The molecule has 0 aliphatic carbocycles. The Morgan fingerprint density at radius 2 is 1.69 bits per heavy atom. The first-order valence-electron chi connectivity index (χ1n) is 9.41. The molecule has 0 spiro atoms. The number of hydrogen-bond acceptors (Lipinski definition) is 4. The van der Waals surface area contributed by atoms with Crippen LogP contribution in [0.3, 0.4) is 0 Å². The number of amides is 1. The first kappa shape index (κ1) is 20.9. The van der Waals surface area contributed by atoms with E-state index in [1.165, 1.54) is 0 Å². The Kier molecular flexibility index (Phi) is 5.66. The zero-order chi connectivity index (χ0) is 21.2. The molecule has 2 N–H and O–H groups in total. The van der Waals surface area contributed by atoms with Gasteiger partial charge in [-0.25, -0.2) is 13.2 Å². The zero-order valence-corrected chi connectivity index (χ0v) is 17.6. The lowest BCUT2D eigenvalue weighted by molar-refractivity contribution is 0.00488. The molecule has 0 fully saturated rings. The average molecular weight is 412 g/mol. The van der Waals surface area contributed by atoms with E-state index >= 15 is 0 Å². The number of benzene rings is 3. The van der Waals surface area contributed by atoms with Crippen molar-refractivity contribution >= 4 is 26.7 Å². The minimum atomic E-state index is -3.57. The maximum Gasteiger partial charge on any atom is 0.405 e. The van der Waals surface area contributed by atoms with Crippen molar-refractivity contribution in [2.24, 2.45) is 11.7 Å². The lowest BCUT2D eigenvalue weighted by Crippen LogP contribution is -2.38. The molecule has 0 aromatic heterocycles. The summed E-state index contributed by atoms with van der Waals surface area (Å²) in [5.41, 5.74) is 5.53. The van der Waals surface area contributed by atoms with Gasteiger partial charge in [0.1, 0.15) is 5.60 Å². The van der Waals surface area contributed by atoms with Crippen molar-refractivity contribution in [3.8, 4) is 0 Å². The fourth-order valence-electron chi connectivity index (χ4n) is 3.35. The van der Waals surface area contributed by atoms with Gasteiger partial charge in [0.2, 0.25) is 9.84 Å². The number of rotatable bonds is 6. The molecule has 0 bridgehead atoms. The molecule has 6 heteroatoms. The van der Waals surface area contributed by atoms with Crippen LogP contribution in [0.4, 0.5) is 4.79 Å². The summed E-state index contributed by atoms with van der Waals surface area (Å²) in [6, 6.07) is 19.4. The molecule has 152 valence electrons. The standard InChI is InChI=1S/C23H25NO4S/c1-16(23(2,3)28-22(24)25)14-17-8-7-9-18-15-20(12-13-21(17)18)29(26,27)19-10-5-4-6-11-19/h4-13,15-16H,14H2,1-3H3,(H2,24,25). The van der Waals surface area contributed by atoms with E-state index in [1.54, 1.807) is 42.5 Å². The van der Waals surface area contributed by atoms with Crippen molar-refractivity contribution in [2.75, 3.05) is 0 Å². The van der Waals surface area contributed by atoms with Gasteiger partial charge in [0.05, 0.1) is 9.79 Å². The highest BCUT2D eigenvalue weighted by atomic mass is 32.2. The lowest BCUT2D eigenvalue weighted by atomic mass is 9.85. The van der Waals surface area contributed by atoms with Crippen molar-refractivity contribution < 1.29 is 17.9 Å². The largest absolute Gasteiger partial charge is 0.443 e. The number of carbonyl (C=O) groups is 1. The van der Waals surface area contributed by atoms with Crippen molar-refractivity contribution in [1.29, 1.82) is 0 Å². The van der Waals surface area contributed by atoms with Gasteiger partial charge < -0.3 is 10.5 Å². The van der Waals surface area contributed by atoms with Gasteiger partial charge in [0, 0.05) is 0 Å². The molecule has 1 unspecified atom stereocenters. The normalized spacial score (nSPS) is 13.2. The number of carbonyl (C=O) groups excluding carboxylic acids is 1. The van der Waals surface area contributed by atoms with E-state index in [-0.39, 0.29) is 15.7 Å². The van der Waals surface area contributed by atoms with Gasteiger partial charge in [-0.15, -0.1) is 0 Å². The Morgan fingerprint density at radius 1 is 1.00 bits per heavy atom. The molecule has 0 radical (unpaired) electrons. The van der Waals surface area contributed by atoms with E-state index in [0.29, 0.717) is 6.42 Å². The fraction of sp³-hybridized carbons (Fsp3) is 0.261. The first-order chi connectivity index (χ1) is 13.6. The summed E-state index contributed by atoms with van der Waals surface area (Å²) in [5, 5.41) is 1.82. The van der Waals surface area contributed by atoms with Crippen LogP contribution in [0.2, 0.25) is 0 Å². The molecule has 5 nitrogen and oxygen atoms in total. The first-order valence-corrected chi connectivity index (χ1v) is 10.9. The molecule has 0 aliphatic heterocycles. The summed E-state index contributed by atoms with van der Waals surface area (Å²) in [7, 11) is -3.57. The van der Waals surface area contributed by atoms with Crippen molar-refractivity contribution in [1.82, 2.24) is 0 Å². The van der Waals surface area contributed by atoms with Crippen LogP contribution in [0.25, 0.3) is 10.8 Å². The summed E-state index contributed by atoms with van der Waals surface area (Å²) < 4.78 is 31.1. The summed E-state index contributed by atoms with van der Waals surface area (Å²) >= 11 is 0. The Bertz CT molecular complexity index is 1140. The summed E-state index contributed by atoms with van der Waals surface area (Å²) in [6.45, 7) is 5.66. The van der Waals surface area contributed by atoms with Crippen LogP contribution in [-0.4, -0.2) is 20.1 Å². The highest BCUT2D eigenvalue weighted by Crippen LogP contribution is 2.30. The minimum absolute atomic E-state index is 0.00771. The molecule has 1 atom stereocenters. The molecular weight excluding hydrogens is 386 g/mol. The van der Waals surface area contributed by atoms with Crippen LogP contribution in [-0.2, 0) is 21.0 Å². The molecule has 1 amide bonds. The molecule has 3 aromatic rings. The predicted octanol–water partition coefficient (Wildman–Crippen LogP) is 4.73. The zero-order valence-electron chi connectivity index (χ0n) is 16.8. The van der Waals surface area contributed by atoms with Crippen molar-refractivity contribution in [2.45, 2.75) is 42.6 Å². The Labute approximate surface area is 171 Å². The molecule has 0 saturated heterocycles. The van der Waals surface area contributed by atoms with Crippen LogP contribution in [0, 0.1) is 5.92 Å². The van der Waals surface area contributed by atoms with Crippen LogP contribution in [0.5, 0.6) is 0 Å². The van der Waals surface area contributed by atoms with E-state index in [2.05, 4.69) is 0 Å². The van der Waals surface area contributed by atoms with Crippen LogP contribution >= 0.6 is 0 Å². The van der Waals surface area contributed by atoms with Crippen LogP contribution in [0.1, 0.15) is 26.3 Å². The Morgan fingerprint density at radius 3 is 2.34 bits per heavy atom. The molecule has 0 aliphatic rings. The maximum absolute atomic E-state index is 12.9. The van der Waals surface area contributed by atoms with Gasteiger partial charge in [-0.3, -0.25) is 0 Å². The molecule has 3 rings (SSSR count). The third-order valence-corrected chi connectivity index (χ3v) is 7.15. The number of primary amides is 1. The second-order valence-corrected chi connectivity index (χ2v) is 9.70. The SMILES string of the molecule is CC(Cc1cccc2cc(S(=O)(=O)c3ccccc3)ccc12)C(C)(C)OC(N)=O. The fourth-order valence-corrected chi connectivity index (χ4v) is 4.66. The van der Waals surface area contributed by atoms with Gasteiger partial charge in [-0.05, 0) is 66.8 Å². The second-order valence-electron chi connectivity index (χ2n) is 7.75. The third kappa shape index (κ3) is 4.43. The molecule has 0 saturated carbocycles. The van der Waals surface area contributed by atoms with Crippen molar-refractivity contribution in [3.63, 3.8) is 0 Å². The predicted molar refractivity (Wildman–Crippen MR) is 113 cm³/mol. The molecular formula is C23H25NO4S. The second kappa shape index (κ2) is 7.87. The van der Waals surface area contributed by atoms with Gasteiger partial charge in [0.25, 0.3) is 0 Å². The van der Waals surface area contributed by atoms with Gasteiger partial charge >= 0.3 is 6.09 Å². The van der Waals surface area contributed by atoms with Crippen LogP contribution in [0.15, 0.2) is 76.5 Å². The smallest absolute Gasteiger partial charge is 0.405 e. The van der Waals surface area contributed by atoms with E-state index < -0.39 is 21.5 Å². The monoisotopic (exact) mass is 411 g/mol. The summed E-state index contributed by atoms with van der Waals surface area (Å²) in [4.78, 5) is 11.7. The maximum atomic E-state index is 12.9. The van der Waals surface area contributed by atoms with Crippen LogP contribution < -0.4 is 5.73 Å². The van der Waals surface area contributed by atoms with Gasteiger partial charge in [0.15, 0.2) is 0 Å². The van der Waals surface area contributed by atoms with Gasteiger partial charge in [-0.2, -0.15) is 0 Å². The Hall–Kier alpha value is -2.86. The topological polar surface area (TPSA) is 86.5 Å². The summed E-state index contributed by atoms with van der Waals surface area (Å²) in [5.74, 6) is 0.00771. The van der Waals surface area contributed by atoms with E-state index in [1.807, 2.05) is 45.0 Å². The van der Waals surface area contributed by atoms with E-state index in [4.69, 9.17) is 10.5 Å². The van der Waals surface area contributed by atoms with E-state index in [9.17, 15) is 13.2 Å². The molecule has 0 heterocycles. The quantitative estimate of drug-likeness (QED) is 0.635. The van der Waals surface area contributed by atoms with Gasteiger partial charge in [-0.1, -0.05) is 49.4 Å². The number of fused-ring (bicyclic) bond motifs is 1. The molecule has 29 heavy (non-hydrogen) atoms. The highest BCUT2D eigenvalue weighted by Gasteiger charge is 2.30.